The van der Waals surface area contributed by atoms with Gasteiger partial charge in [0, 0.05) is 30.8 Å². The van der Waals surface area contributed by atoms with E-state index in [0.717, 1.165) is 47.4 Å². The molecule has 2 aromatic rings. The van der Waals surface area contributed by atoms with Crippen LogP contribution in [-0.4, -0.2) is 29.1 Å². The van der Waals surface area contributed by atoms with E-state index < -0.39 is 0 Å². The molecular weight excluding hydrogens is 304 g/mol. The number of hydrogen-bond donors (Lipinski definition) is 2. The maximum atomic E-state index is 5.97. The van der Waals surface area contributed by atoms with Gasteiger partial charge < -0.3 is 15.8 Å². The van der Waals surface area contributed by atoms with Gasteiger partial charge in [-0.3, -0.25) is 0 Å². The smallest absolute Gasteiger partial charge is 0.149 e. The highest BCUT2D eigenvalue weighted by Gasteiger charge is 2.16. The van der Waals surface area contributed by atoms with Gasteiger partial charge in [0.25, 0.3) is 0 Å². The molecule has 2 heterocycles. The molecule has 0 aromatic carbocycles. The Labute approximate surface area is 133 Å². The first-order chi connectivity index (χ1) is 10.1. The zero-order chi connectivity index (χ0) is 15.2. The number of thiazole rings is 1. The lowest BCUT2D eigenvalue weighted by molar-refractivity contribution is 0.110. The van der Waals surface area contributed by atoms with Crippen LogP contribution in [0.2, 0.25) is 0 Å². The number of nitrogens with one attached hydrogen (secondary N) is 1. The molecule has 0 amide bonds. The summed E-state index contributed by atoms with van der Waals surface area (Å²) in [7, 11) is 0. The Morgan fingerprint density at radius 1 is 1.43 bits per heavy atom. The van der Waals surface area contributed by atoms with Crippen molar-refractivity contribution in [2.75, 3.05) is 30.8 Å². The minimum Gasteiger partial charge on any atom is -0.382 e. The van der Waals surface area contributed by atoms with Gasteiger partial charge in [-0.05, 0) is 30.8 Å². The van der Waals surface area contributed by atoms with Crippen LogP contribution in [0.3, 0.4) is 0 Å². The quantitative estimate of drug-likeness (QED) is 0.725. The summed E-state index contributed by atoms with van der Waals surface area (Å²) in [5.41, 5.74) is 7.91. The summed E-state index contributed by atoms with van der Waals surface area (Å²) >= 11 is 2.99. The zero-order valence-corrected chi connectivity index (χ0v) is 14.3. The van der Waals surface area contributed by atoms with E-state index in [9.17, 15) is 0 Å². The van der Waals surface area contributed by atoms with Crippen LogP contribution in [0.15, 0.2) is 5.38 Å². The second kappa shape index (κ2) is 7.72. The Morgan fingerprint density at radius 3 is 2.90 bits per heavy atom. The molecule has 3 N–H and O–H groups in total. The van der Waals surface area contributed by atoms with Crippen LogP contribution in [0.5, 0.6) is 0 Å². The Bertz CT molecular complexity index is 565. The molecule has 2 aromatic heterocycles. The monoisotopic (exact) mass is 326 g/mol. The van der Waals surface area contributed by atoms with Crippen molar-refractivity contribution in [2.45, 2.75) is 27.2 Å². The van der Waals surface area contributed by atoms with E-state index in [2.05, 4.69) is 28.5 Å². The van der Waals surface area contributed by atoms with Gasteiger partial charge in [-0.2, -0.15) is 4.37 Å². The second-order valence-electron chi connectivity index (χ2n) is 5.32. The number of ether oxygens (including phenoxy) is 1. The van der Waals surface area contributed by atoms with Crippen molar-refractivity contribution in [1.82, 2.24) is 9.36 Å². The number of aromatic nitrogens is 2. The molecule has 116 valence electrons. The van der Waals surface area contributed by atoms with Crippen LogP contribution in [0.1, 0.15) is 26.0 Å². The lowest BCUT2D eigenvalue weighted by Gasteiger charge is -2.08. The van der Waals surface area contributed by atoms with Crippen LogP contribution >= 0.6 is 22.9 Å². The number of aryl methyl sites for hydroxylation is 1. The molecule has 0 aliphatic carbocycles. The molecule has 0 saturated carbocycles. The molecule has 0 aliphatic heterocycles. The summed E-state index contributed by atoms with van der Waals surface area (Å²) in [6.07, 6.45) is 0.959. The third kappa shape index (κ3) is 4.66. The molecule has 0 atom stereocenters. The second-order valence-corrected chi connectivity index (χ2v) is 6.95. The lowest BCUT2D eigenvalue weighted by Crippen LogP contribution is -2.08. The van der Waals surface area contributed by atoms with Crippen molar-refractivity contribution in [2.24, 2.45) is 5.92 Å². The third-order valence-electron chi connectivity index (χ3n) is 2.75. The van der Waals surface area contributed by atoms with Crippen LogP contribution in [0.25, 0.3) is 10.6 Å². The maximum absolute atomic E-state index is 5.97. The van der Waals surface area contributed by atoms with Crippen molar-refractivity contribution >= 4 is 33.7 Å². The number of nitrogens with two attached hydrogens (primary N) is 1. The van der Waals surface area contributed by atoms with Gasteiger partial charge >= 0.3 is 0 Å². The van der Waals surface area contributed by atoms with Crippen molar-refractivity contribution < 1.29 is 4.74 Å². The topological polar surface area (TPSA) is 73.1 Å². The molecule has 0 spiro atoms. The van der Waals surface area contributed by atoms with Gasteiger partial charge in [-0.25, -0.2) is 4.98 Å². The van der Waals surface area contributed by atoms with E-state index in [1.807, 2.05) is 12.3 Å². The van der Waals surface area contributed by atoms with E-state index in [4.69, 9.17) is 10.5 Å². The summed E-state index contributed by atoms with van der Waals surface area (Å²) in [6, 6.07) is 0. The van der Waals surface area contributed by atoms with E-state index in [1.165, 1.54) is 11.5 Å². The number of rotatable bonds is 8. The fourth-order valence-electron chi connectivity index (χ4n) is 1.79. The third-order valence-corrected chi connectivity index (χ3v) is 4.55. The Hall–Kier alpha value is -1.18. The van der Waals surface area contributed by atoms with Crippen molar-refractivity contribution in [3.63, 3.8) is 0 Å². The van der Waals surface area contributed by atoms with E-state index >= 15 is 0 Å². The normalized spacial score (nSPS) is 11.2. The molecule has 2 rings (SSSR count). The number of hydrogen-bond acceptors (Lipinski definition) is 7. The average molecular weight is 326 g/mol. The fourth-order valence-corrected chi connectivity index (χ4v) is 3.45. The van der Waals surface area contributed by atoms with Crippen molar-refractivity contribution in [1.29, 1.82) is 0 Å². The highest BCUT2D eigenvalue weighted by atomic mass is 32.1. The maximum Gasteiger partial charge on any atom is 0.149 e. The SMILES string of the molecule is Cc1csc(-c2c(N)nsc2NCCCOCC(C)C)n1. The molecule has 21 heavy (non-hydrogen) atoms. The van der Waals surface area contributed by atoms with Gasteiger partial charge in [-0.1, -0.05) is 13.8 Å². The number of anilines is 2. The molecule has 0 unspecified atom stereocenters. The minimum absolute atomic E-state index is 0.549. The van der Waals surface area contributed by atoms with Gasteiger partial charge in [0.05, 0.1) is 5.56 Å². The zero-order valence-electron chi connectivity index (χ0n) is 12.7. The van der Waals surface area contributed by atoms with Crippen LogP contribution in [0.4, 0.5) is 10.8 Å². The summed E-state index contributed by atoms with van der Waals surface area (Å²) < 4.78 is 9.80. The summed E-state index contributed by atoms with van der Waals surface area (Å²) in [5.74, 6) is 1.13. The van der Waals surface area contributed by atoms with Crippen molar-refractivity contribution in [3.05, 3.63) is 11.1 Å². The van der Waals surface area contributed by atoms with Gasteiger partial charge in [0.1, 0.15) is 15.8 Å². The fraction of sp³-hybridized carbons (Fsp3) is 0.571. The van der Waals surface area contributed by atoms with Gasteiger partial charge in [0.2, 0.25) is 0 Å². The first-order valence-corrected chi connectivity index (χ1v) is 8.72. The van der Waals surface area contributed by atoms with Crippen molar-refractivity contribution in [3.8, 4) is 10.6 Å². The Morgan fingerprint density at radius 2 is 2.24 bits per heavy atom. The van der Waals surface area contributed by atoms with Gasteiger partial charge in [-0.15, -0.1) is 11.3 Å². The number of nitrogen functional groups attached to an aromatic ring is 1. The number of nitrogens with zero attached hydrogens (tertiary/aromatic N) is 2. The van der Waals surface area contributed by atoms with E-state index in [-0.39, 0.29) is 0 Å². The molecule has 0 bridgehead atoms. The van der Waals surface area contributed by atoms with Gasteiger partial charge in [0.15, 0.2) is 0 Å². The molecule has 5 nitrogen and oxygen atoms in total. The van der Waals surface area contributed by atoms with E-state index in [1.54, 1.807) is 11.3 Å². The molecular formula is C14H22N4OS2. The molecule has 7 heteroatoms. The highest BCUT2D eigenvalue weighted by molar-refractivity contribution is 7.15. The largest absolute Gasteiger partial charge is 0.382 e. The predicted molar refractivity (Wildman–Crippen MR) is 91.1 cm³/mol. The Balaban J connectivity index is 1.87. The minimum atomic E-state index is 0.549. The first kappa shape index (κ1) is 16.2. The van der Waals surface area contributed by atoms with Crippen LogP contribution < -0.4 is 11.1 Å². The highest BCUT2D eigenvalue weighted by Crippen LogP contribution is 2.38. The Kier molecular flexibility index (Phi) is 5.96. The van der Waals surface area contributed by atoms with Crippen LogP contribution in [0, 0.1) is 12.8 Å². The summed E-state index contributed by atoms with van der Waals surface area (Å²) in [4.78, 5) is 4.49. The summed E-state index contributed by atoms with van der Waals surface area (Å²) in [5, 5.41) is 7.34. The molecule has 0 fully saturated rings. The lowest BCUT2D eigenvalue weighted by atomic mass is 10.2. The average Bonchev–Trinajstić information content (AvgIpc) is 2.99. The standard InChI is InChI=1S/C14H22N4OS2/c1-9(2)7-19-6-4-5-16-13-11(12(15)18-21-13)14-17-10(3)8-20-14/h8-9,16H,4-7H2,1-3H3,(H2,15,18). The van der Waals surface area contributed by atoms with Crippen LogP contribution in [-0.2, 0) is 4.74 Å². The molecule has 0 radical (unpaired) electrons. The predicted octanol–water partition coefficient (Wildman–Crippen LogP) is 3.63. The molecule has 0 aliphatic rings. The molecule has 0 saturated heterocycles. The van der Waals surface area contributed by atoms with E-state index in [0.29, 0.717) is 11.7 Å². The summed E-state index contributed by atoms with van der Waals surface area (Å²) in [6.45, 7) is 8.72. The first-order valence-electron chi connectivity index (χ1n) is 7.07.